The molecule has 0 aromatic carbocycles. The van der Waals surface area contributed by atoms with Crippen molar-refractivity contribution < 1.29 is 0 Å². The van der Waals surface area contributed by atoms with Gasteiger partial charge in [0.15, 0.2) is 0 Å². The first-order chi connectivity index (χ1) is 5.18. The second-order valence-electron chi connectivity index (χ2n) is 4.16. The summed E-state index contributed by atoms with van der Waals surface area (Å²) >= 11 is 5.83. The Hall–Kier alpha value is 0.250. The van der Waals surface area contributed by atoms with Gasteiger partial charge in [-0.15, -0.1) is 11.6 Å². The monoisotopic (exact) mass is 175 g/mol. The molecule has 0 radical (unpaired) electrons. The summed E-state index contributed by atoms with van der Waals surface area (Å²) in [7, 11) is 0. The van der Waals surface area contributed by atoms with Gasteiger partial charge >= 0.3 is 0 Å². The summed E-state index contributed by atoms with van der Waals surface area (Å²) in [4.78, 5) is 0. The van der Waals surface area contributed by atoms with E-state index in [1.807, 2.05) is 0 Å². The third-order valence-corrected chi connectivity index (χ3v) is 2.86. The average Bonchev–Trinajstić information content (AvgIpc) is 2.69. The van der Waals surface area contributed by atoms with E-state index >= 15 is 0 Å². The summed E-state index contributed by atoms with van der Waals surface area (Å²) in [6.07, 6.45) is 2.64. The number of alkyl halides is 1. The summed E-state index contributed by atoms with van der Waals surface area (Å²) in [5.41, 5.74) is 0.483. The molecule has 1 aliphatic carbocycles. The lowest BCUT2D eigenvalue weighted by Gasteiger charge is -2.13. The van der Waals surface area contributed by atoms with Crippen LogP contribution < -0.4 is 5.32 Å². The molecule has 0 amide bonds. The van der Waals surface area contributed by atoms with E-state index in [1.54, 1.807) is 0 Å². The van der Waals surface area contributed by atoms with Crippen LogP contribution in [0, 0.1) is 11.3 Å². The Morgan fingerprint density at radius 2 is 2.09 bits per heavy atom. The van der Waals surface area contributed by atoms with Gasteiger partial charge in [-0.1, -0.05) is 13.8 Å². The molecule has 1 rings (SSSR count). The zero-order valence-electron chi connectivity index (χ0n) is 7.49. The van der Waals surface area contributed by atoms with Gasteiger partial charge in [-0.3, -0.25) is 0 Å². The lowest BCUT2D eigenvalue weighted by Crippen LogP contribution is -2.28. The SMILES string of the molecule is CC(C)CNCC1(CCl)CC1. The van der Waals surface area contributed by atoms with E-state index in [4.69, 9.17) is 11.6 Å². The molecule has 1 saturated carbocycles. The van der Waals surface area contributed by atoms with E-state index < -0.39 is 0 Å². The summed E-state index contributed by atoms with van der Waals surface area (Å²) in [5, 5.41) is 3.45. The quantitative estimate of drug-likeness (QED) is 0.633. The van der Waals surface area contributed by atoms with E-state index in [0.717, 1.165) is 24.9 Å². The van der Waals surface area contributed by atoms with Crippen LogP contribution in [-0.2, 0) is 0 Å². The molecule has 0 spiro atoms. The zero-order chi connectivity index (χ0) is 8.32. The Morgan fingerprint density at radius 1 is 1.45 bits per heavy atom. The lowest BCUT2D eigenvalue weighted by atomic mass is 10.1. The molecule has 0 bridgehead atoms. The Balaban J connectivity index is 2.03. The molecule has 1 fully saturated rings. The summed E-state index contributed by atoms with van der Waals surface area (Å²) in [6, 6.07) is 0. The fraction of sp³-hybridized carbons (Fsp3) is 1.00. The van der Waals surface area contributed by atoms with Crippen molar-refractivity contribution in [3.05, 3.63) is 0 Å². The minimum Gasteiger partial charge on any atom is -0.316 e. The molecule has 0 saturated heterocycles. The van der Waals surface area contributed by atoms with Crippen LogP contribution in [0.1, 0.15) is 26.7 Å². The normalized spacial score (nSPS) is 20.7. The molecule has 2 heteroatoms. The number of hydrogen-bond donors (Lipinski definition) is 1. The molecular weight excluding hydrogens is 158 g/mol. The predicted molar refractivity (Wildman–Crippen MR) is 50.1 cm³/mol. The van der Waals surface area contributed by atoms with Gasteiger partial charge in [-0.2, -0.15) is 0 Å². The molecule has 0 atom stereocenters. The van der Waals surface area contributed by atoms with Crippen molar-refractivity contribution in [2.45, 2.75) is 26.7 Å². The first kappa shape index (κ1) is 9.34. The van der Waals surface area contributed by atoms with Crippen LogP contribution >= 0.6 is 11.6 Å². The van der Waals surface area contributed by atoms with Crippen LogP contribution in [0.15, 0.2) is 0 Å². The molecule has 0 unspecified atom stereocenters. The number of rotatable bonds is 5. The van der Waals surface area contributed by atoms with Crippen molar-refractivity contribution in [1.82, 2.24) is 5.32 Å². The molecule has 0 heterocycles. The smallest absolute Gasteiger partial charge is 0.0292 e. The highest BCUT2D eigenvalue weighted by Crippen LogP contribution is 2.45. The number of nitrogens with one attached hydrogen (secondary N) is 1. The van der Waals surface area contributed by atoms with E-state index in [0.29, 0.717) is 5.41 Å². The lowest BCUT2D eigenvalue weighted by molar-refractivity contribution is 0.467. The highest BCUT2D eigenvalue weighted by atomic mass is 35.5. The summed E-state index contributed by atoms with van der Waals surface area (Å²) < 4.78 is 0. The van der Waals surface area contributed by atoms with E-state index in [1.165, 1.54) is 12.8 Å². The Morgan fingerprint density at radius 3 is 2.45 bits per heavy atom. The first-order valence-corrected chi connectivity index (χ1v) is 4.99. The molecule has 0 aromatic heterocycles. The molecule has 1 aliphatic rings. The van der Waals surface area contributed by atoms with Gasteiger partial charge in [-0.05, 0) is 30.7 Å². The van der Waals surface area contributed by atoms with Crippen molar-refractivity contribution in [3.63, 3.8) is 0 Å². The van der Waals surface area contributed by atoms with Crippen LogP contribution in [0.25, 0.3) is 0 Å². The zero-order valence-corrected chi connectivity index (χ0v) is 8.25. The molecule has 66 valence electrons. The van der Waals surface area contributed by atoms with E-state index in [9.17, 15) is 0 Å². The van der Waals surface area contributed by atoms with Crippen LogP contribution in [0.3, 0.4) is 0 Å². The van der Waals surface area contributed by atoms with Crippen molar-refractivity contribution in [1.29, 1.82) is 0 Å². The van der Waals surface area contributed by atoms with Crippen molar-refractivity contribution in [2.75, 3.05) is 19.0 Å². The molecule has 1 nitrogen and oxygen atoms in total. The van der Waals surface area contributed by atoms with Gasteiger partial charge in [0, 0.05) is 12.4 Å². The Labute approximate surface area is 74.5 Å². The van der Waals surface area contributed by atoms with E-state index in [2.05, 4.69) is 19.2 Å². The van der Waals surface area contributed by atoms with Gasteiger partial charge in [0.05, 0.1) is 0 Å². The third kappa shape index (κ3) is 3.00. The number of halogens is 1. The predicted octanol–water partition coefficient (Wildman–Crippen LogP) is 2.25. The number of hydrogen-bond acceptors (Lipinski definition) is 1. The molecule has 1 N–H and O–H groups in total. The van der Waals surface area contributed by atoms with Crippen molar-refractivity contribution in [2.24, 2.45) is 11.3 Å². The van der Waals surface area contributed by atoms with Crippen LogP contribution in [0.4, 0.5) is 0 Å². The molecule has 0 aliphatic heterocycles. The maximum atomic E-state index is 5.83. The third-order valence-electron chi connectivity index (χ3n) is 2.29. The summed E-state index contributed by atoms with van der Waals surface area (Å²) in [5.74, 6) is 1.58. The highest BCUT2D eigenvalue weighted by molar-refractivity contribution is 6.18. The fourth-order valence-electron chi connectivity index (χ4n) is 1.16. The molecular formula is C9H18ClN. The van der Waals surface area contributed by atoms with Crippen LogP contribution in [0.2, 0.25) is 0 Å². The highest BCUT2D eigenvalue weighted by Gasteiger charge is 2.40. The van der Waals surface area contributed by atoms with Gasteiger partial charge in [0.2, 0.25) is 0 Å². The first-order valence-electron chi connectivity index (χ1n) is 4.45. The van der Waals surface area contributed by atoms with Gasteiger partial charge in [0.25, 0.3) is 0 Å². The fourth-order valence-corrected chi connectivity index (χ4v) is 1.52. The molecule has 11 heavy (non-hydrogen) atoms. The largest absolute Gasteiger partial charge is 0.316 e. The average molecular weight is 176 g/mol. The standard InChI is InChI=1S/C9H18ClN/c1-8(2)5-11-7-9(6-10)3-4-9/h8,11H,3-7H2,1-2H3. The second-order valence-corrected chi connectivity index (χ2v) is 4.43. The Bertz CT molecular complexity index is 119. The van der Waals surface area contributed by atoms with Crippen molar-refractivity contribution >= 4 is 11.6 Å². The topological polar surface area (TPSA) is 12.0 Å². The minimum absolute atomic E-state index is 0.483. The van der Waals surface area contributed by atoms with Crippen LogP contribution in [0.5, 0.6) is 0 Å². The maximum absolute atomic E-state index is 5.83. The maximum Gasteiger partial charge on any atom is 0.0292 e. The van der Waals surface area contributed by atoms with Crippen LogP contribution in [-0.4, -0.2) is 19.0 Å². The van der Waals surface area contributed by atoms with Gasteiger partial charge in [-0.25, -0.2) is 0 Å². The molecule has 0 aromatic rings. The summed E-state index contributed by atoms with van der Waals surface area (Å²) in [6.45, 7) is 6.70. The second kappa shape index (κ2) is 3.77. The van der Waals surface area contributed by atoms with Gasteiger partial charge in [0.1, 0.15) is 0 Å². The van der Waals surface area contributed by atoms with E-state index in [-0.39, 0.29) is 0 Å². The minimum atomic E-state index is 0.483. The van der Waals surface area contributed by atoms with Gasteiger partial charge < -0.3 is 5.32 Å². The van der Waals surface area contributed by atoms with Crippen molar-refractivity contribution in [3.8, 4) is 0 Å². The Kier molecular flexibility index (Phi) is 3.20.